The van der Waals surface area contributed by atoms with E-state index in [1.54, 1.807) is 24.3 Å². The molecule has 0 saturated carbocycles. The van der Waals surface area contributed by atoms with Gasteiger partial charge in [-0.3, -0.25) is 0 Å². The third-order valence-corrected chi connectivity index (χ3v) is 3.48. The molecule has 0 aliphatic heterocycles. The molecule has 0 aromatic heterocycles. The van der Waals surface area contributed by atoms with Gasteiger partial charge in [-0.15, -0.1) is 0 Å². The number of nitrogens with one attached hydrogen (secondary N) is 1. The number of hydrogen-bond donors (Lipinski definition) is 2. The first-order valence-electron chi connectivity index (χ1n) is 5.78. The Balaban J connectivity index is 2.08. The van der Waals surface area contributed by atoms with Crippen molar-refractivity contribution >= 4 is 40.5 Å². The predicted octanol–water partition coefficient (Wildman–Crippen LogP) is 4.93. The molecule has 2 aromatic rings. The molecule has 2 aromatic carbocycles. The third kappa shape index (κ3) is 4.00. The summed E-state index contributed by atoms with van der Waals surface area (Å²) in [4.78, 5) is 0. The smallest absolute Gasteiger partial charge is 0.126 e. The Morgan fingerprint density at radius 1 is 1.05 bits per heavy atom. The van der Waals surface area contributed by atoms with Crippen molar-refractivity contribution in [1.29, 1.82) is 0 Å². The highest BCUT2D eigenvalue weighted by atomic mass is 35.5. The number of aliphatic hydroxyl groups is 1. The number of rotatable bonds is 4. The van der Waals surface area contributed by atoms with E-state index < -0.39 is 11.9 Å². The van der Waals surface area contributed by atoms with Crippen LogP contribution in [0.3, 0.4) is 0 Å². The van der Waals surface area contributed by atoms with Crippen LogP contribution < -0.4 is 5.32 Å². The van der Waals surface area contributed by atoms with Crippen molar-refractivity contribution in [2.45, 2.75) is 6.10 Å². The molecule has 106 valence electrons. The van der Waals surface area contributed by atoms with E-state index in [4.69, 9.17) is 34.8 Å². The number of hydrogen-bond acceptors (Lipinski definition) is 2. The van der Waals surface area contributed by atoms with Gasteiger partial charge in [-0.25, -0.2) is 4.39 Å². The number of aliphatic hydroxyl groups excluding tert-OH is 1. The lowest BCUT2D eigenvalue weighted by Crippen LogP contribution is -2.12. The highest BCUT2D eigenvalue weighted by molar-refractivity contribution is 6.33. The summed E-state index contributed by atoms with van der Waals surface area (Å²) in [5, 5.41) is 14.2. The molecule has 1 unspecified atom stereocenters. The molecular formula is C14H11Cl3FNO. The van der Waals surface area contributed by atoms with Crippen LogP contribution in [-0.4, -0.2) is 11.7 Å². The standard InChI is InChI=1S/C14H11Cl3FNO/c15-8-1-2-13(17)12(5-8)14(20)7-19-11-4-9(16)3-10(18)6-11/h1-6,14,19-20H,7H2. The molecule has 2 N–H and O–H groups in total. The predicted molar refractivity (Wildman–Crippen MR) is 81.3 cm³/mol. The molecular weight excluding hydrogens is 324 g/mol. The first kappa shape index (κ1) is 15.4. The summed E-state index contributed by atoms with van der Waals surface area (Å²) in [5.41, 5.74) is 0.987. The summed E-state index contributed by atoms with van der Waals surface area (Å²) in [6, 6.07) is 8.91. The monoisotopic (exact) mass is 333 g/mol. The Hall–Kier alpha value is -1.000. The van der Waals surface area contributed by atoms with E-state index in [1.807, 2.05) is 0 Å². The van der Waals surface area contributed by atoms with Gasteiger partial charge in [0.25, 0.3) is 0 Å². The van der Waals surface area contributed by atoms with Crippen molar-refractivity contribution in [2.24, 2.45) is 0 Å². The number of benzene rings is 2. The van der Waals surface area contributed by atoms with Crippen LogP contribution >= 0.6 is 34.8 Å². The minimum Gasteiger partial charge on any atom is -0.387 e. The fourth-order valence-electron chi connectivity index (χ4n) is 1.75. The lowest BCUT2D eigenvalue weighted by Gasteiger charge is -2.15. The molecule has 0 fully saturated rings. The second kappa shape index (κ2) is 6.64. The molecule has 0 aliphatic carbocycles. The largest absolute Gasteiger partial charge is 0.387 e. The van der Waals surface area contributed by atoms with Gasteiger partial charge in [0, 0.05) is 32.9 Å². The van der Waals surface area contributed by atoms with Gasteiger partial charge < -0.3 is 10.4 Å². The minimum absolute atomic E-state index is 0.153. The first-order chi connectivity index (χ1) is 9.45. The average Bonchev–Trinajstić information content (AvgIpc) is 2.38. The molecule has 6 heteroatoms. The van der Waals surface area contributed by atoms with Crippen molar-refractivity contribution in [1.82, 2.24) is 0 Å². The Morgan fingerprint density at radius 2 is 1.80 bits per heavy atom. The van der Waals surface area contributed by atoms with Gasteiger partial charge in [0.1, 0.15) is 5.82 Å². The molecule has 0 saturated heterocycles. The van der Waals surface area contributed by atoms with Gasteiger partial charge in [0.15, 0.2) is 0 Å². The van der Waals surface area contributed by atoms with Gasteiger partial charge in [0.2, 0.25) is 0 Å². The van der Waals surface area contributed by atoms with Crippen LogP contribution in [0.4, 0.5) is 10.1 Å². The maximum atomic E-state index is 13.2. The first-order valence-corrected chi connectivity index (χ1v) is 6.92. The zero-order valence-corrected chi connectivity index (χ0v) is 12.5. The van der Waals surface area contributed by atoms with Crippen molar-refractivity contribution < 1.29 is 9.50 Å². The number of anilines is 1. The Bertz CT molecular complexity index is 601. The Labute approximate surface area is 131 Å². The minimum atomic E-state index is -0.872. The van der Waals surface area contributed by atoms with E-state index in [0.717, 1.165) is 0 Å². The van der Waals surface area contributed by atoms with Crippen LogP contribution in [-0.2, 0) is 0 Å². The van der Waals surface area contributed by atoms with Crippen molar-refractivity contribution in [3.63, 3.8) is 0 Å². The van der Waals surface area contributed by atoms with Gasteiger partial charge >= 0.3 is 0 Å². The second-order valence-corrected chi connectivity index (χ2v) is 5.50. The summed E-state index contributed by atoms with van der Waals surface area (Å²) in [5.74, 6) is -0.449. The Morgan fingerprint density at radius 3 is 2.50 bits per heavy atom. The zero-order valence-electron chi connectivity index (χ0n) is 10.2. The second-order valence-electron chi connectivity index (χ2n) is 4.22. The summed E-state index contributed by atoms with van der Waals surface area (Å²) in [6.07, 6.45) is -0.872. The summed E-state index contributed by atoms with van der Waals surface area (Å²) >= 11 is 17.6. The van der Waals surface area contributed by atoms with Gasteiger partial charge in [-0.1, -0.05) is 34.8 Å². The average molecular weight is 335 g/mol. The van der Waals surface area contributed by atoms with Crippen LogP contribution in [0, 0.1) is 5.82 Å². The summed E-state index contributed by atoms with van der Waals surface area (Å²) < 4.78 is 13.2. The SMILES string of the molecule is OC(CNc1cc(F)cc(Cl)c1)c1cc(Cl)ccc1Cl. The van der Waals surface area contributed by atoms with Crippen LogP contribution in [0.15, 0.2) is 36.4 Å². The van der Waals surface area contributed by atoms with E-state index in [9.17, 15) is 9.50 Å². The molecule has 20 heavy (non-hydrogen) atoms. The quantitative estimate of drug-likeness (QED) is 0.831. The van der Waals surface area contributed by atoms with Crippen molar-refractivity contribution in [3.8, 4) is 0 Å². The van der Waals surface area contributed by atoms with E-state index in [2.05, 4.69) is 5.32 Å². The molecule has 0 spiro atoms. The maximum Gasteiger partial charge on any atom is 0.126 e. The number of halogens is 4. The van der Waals surface area contributed by atoms with E-state index in [-0.39, 0.29) is 11.6 Å². The molecule has 0 radical (unpaired) electrons. The van der Waals surface area contributed by atoms with Crippen LogP contribution in [0.2, 0.25) is 15.1 Å². The summed E-state index contributed by atoms with van der Waals surface area (Å²) in [6.45, 7) is 0.153. The third-order valence-electron chi connectivity index (χ3n) is 2.68. The molecule has 2 rings (SSSR count). The molecule has 0 bridgehead atoms. The normalized spacial score (nSPS) is 12.2. The highest BCUT2D eigenvalue weighted by Gasteiger charge is 2.12. The van der Waals surface area contributed by atoms with E-state index in [0.29, 0.717) is 21.3 Å². The molecule has 2 nitrogen and oxygen atoms in total. The lowest BCUT2D eigenvalue weighted by atomic mass is 10.1. The molecule has 0 amide bonds. The van der Waals surface area contributed by atoms with Gasteiger partial charge in [0.05, 0.1) is 6.10 Å². The van der Waals surface area contributed by atoms with Crippen LogP contribution in [0.25, 0.3) is 0 Å². The van der Waals surface area contributed by atoms with Crippen LogP contribution in [0.1, 0.15) is 11.7 Å². The zero-order chi connectivity index (χ0) is 14.7. The molecule has 0 heterocycles. The highest BCUT2D eigenvalue weighted by Crippen LogP contribution is 2.27. The van der Waals surface area contributed by atoms with Crippen LogP contribution in [0.5, 0.6) is 0 Å². The van der Waals surface area contributed by atoms with Crippen molar-refractivity contribution in [3.05, 3.63) is 62.8 Å². The fourth-order valence-corrected chi connectivity index (χ4v) is 2.40. The fraction of sp³-hybridized carbons (Fsp3) is 0.143. The topological polar surface area (TPSA) is 32.3 Å². The summed E-state index contributed by atoms with van der Waals surface area (Å²) in [7, 11) is 0. The lowest BCUT2D eigenvalue weighted by molar-refractivity contribution is 0.191. The van der Waals surface area contributed by atoms with Gasteiger partial charge in [-0.05, 0) is 36.4 Å². The van der Waals surface area contributed by atoms with Gasteiger partial charge in [-0.2, -0.15) is 0 Å². The molecule has 1 atom stereocenters. The van der Waals surface area contributed by atoms with E-state index in [1.165, 1.54) is 12.1 Å². The Kier molecular flexibility index (Phi) is 5.11. The maximum absolute atomic E-state index is 13.2. The van der Waals surface area contributed by atoms with Crippen molar-refractivity contribution in [2.75, 3.05) is 11.9 Å². The molecule has 0 aliphatic rings. The van der Waals surface area contributed by atoms with E-state index >= 15 is 0 Å².